The number of aryl methyl sites for hydroxylation is 1. The molecule has 1 aromatic heterocycles. The molecule has 4 aromatic carbocycles. The van der Waals surface area contributed by atoms with Crippen LogP contribution in [0.15, 0.2) is 109 Å². The molecule has 0 fully saturated rings. The Bertz CT molecular complexity index is 1580. The molecule has 0 saturated carbocycles. The number of nitrogens with zero attached hydrogens (tertiary/aromatic N) is 1. The van der Waals surface area contributed by atoms with Crippen molar-refractivity contribution in [1.82, 2.24) is 15.2 Å². The van der Waals surface area contributed by atoms with Crippen molar-refractivity contribution in [1.29, 1.82) is 0 Å². The largest absolute Gasteiger partial charge is 0.344 e. The first-order chi connectivity index (χ1) is 17.5. The third-order valence-corrected chi connectivity index (χ3v) is 6.42. The molecule has 5 nitrogen and oxygen atoms in total. The molecule has 0 unspecified atom stereocenters. The van der Waals surface area contributed by atoms with Crippen LogP contribution in [-0.2, 0) is 11.8 Å². The van der Waals surface area contributed by atoms with Crippen LogP contribution < -0.4 is 10.6 Å². The molecule has 0 aliphatic carbocycles. The third-order valence-electron chi connectivity index (χ3n) is 6.42. The number of carbonyl (C=O) groups is 2. The normalized spacial score (nSPS) is 12.4. The van der Waals surface area contributed by atoms with Gasteiger partial charge in [-0.25, -0.2) is 0 Å². The maximum Gasteiger partial charge on any atom is 0.268 e. The fraction of sp³-hybridized carbons (Fsp3) is 0.0968. The van der Waals surface area contributed by atoms with Crippen LogP contribution in [0.3, 0.4) is 0 Å². The number of hydrogen-bond acceptors (Lipinski definition) is 2. The van der Waals surface area contributed by atoms with Gasteiger partial charge >= 0.3 is 0 Å². The van der Waals surface area contributed by atoms with Crippen molar-refractivity contribution in [2.24, 2.45) is 7.05 Å². The Hall–Kier alpha value is -4.64. The SMILES string of the molecule is C[C@H](NC(=O)/C(=C/c1ccc2c(c1)c1ccccc1n2C)NC(=O)c1ccccc1)c1ccccc1. The van der Waals surface area contributed by atoms with Crippen LogP contribution in [0.5, 0.6) is 0 Å². The van der Waals surface area contributed by atoms with Gasteiger partial charge in [0, 0.05) is 34.4 Å². The highest BCUT2D eigenvalue weighted by atomic mass is 16.2. The highest BCUT2D eigenvalue weighted by Crippen LogP contribution is 2.29. The van der Waals surface area contributed by atoms with E-state index in [1.54, 1.807) is 30.3 Å². The van der Waals surface area contributed by atoms with E-state index in [1.807, 2.05) is 74.6 Å². The number of rotatable bonds is 6. The molecule has 0 bridgehead atoms. The number of hydrogen-bond donors (Lipinski definition) is 2. The van der Waals surface area contributed by atoms with Crippen molar-refractivity contribution in [3.05, 3.63) is 126 Å². The van der Waals surface area contributed by atoms with Gasteiger partial charge < -0.3 is 15.2 Å². The quantitative estimate of drug-likeness (QED) is 0.298. The lowest BCUT2D eigenvalue weighted by Gasteiger charge is -2.17. The van der Waals surface area contributed by atoms with Gasteiger partial charge in [-0.05, 0) is 54.5 Å². The van der Waals surface area contributed by atoms with E-state index in [4.69, 9.17) is 0 Å². The molecule has 0 aliphatic rings. The monoisotopic (exact) mass is 473 g/mol. The Balaban J connectivity index is 1.52. The first-order valence-electron chi connectivity index (χ1n) is 11.9. The van der Waals surface area contributed by atoms with Crippen molar-refractivity contribution in [2.75, 3.05) is 0 Å². The molecule has 1 heterocycles. The van der Waals surface area contributed by atoms with Crippen molar-refractivity contribution in [3.8, 4) is 0 Å². The average Bonchev–Trinajstić information content (AvgIpc) is 3.20. The van der Waals surface area contributed by atoms with Crippen molar-refractivity contribution < 1.29 is 9.59 Å². The number of fused-ring (bicyclic) bond motifs is 3. The molecule has 5 heteroatoms. The van der Waals surface area contributed by atoms with E-state index in [1.165, 1.54) is 0 Å². The zero-order valence-corrected chi connectivity index (χ0v) is 20.2. The van der Waals surface area contributed by atoms with Crippen molar-refractivity contribution in [2.45, 2.75) is 13.0 Å². The lowest BCUT2D eigenvalue weighted by Crippen LogP contribution is -2.36. The summed E-state index contributed by atoms with van der Waals surface area (Å²) in [6, 6.07) is 32.7. The number of nitrogens with one attached hydrogen (secondary N) is 2. The summed E-state index contributed by atoms with van der Waals surface area (Å²) in [6.07, 6.45) is 1.73. The predicted octanol–water partition coefficient (Wildman–Crippen LogP) is 5.98. The molecule has 5 aromatic rings. The second-order valence-electron chi connectivity index (χ2n) is 8.84. The summed E-state index contributed by atoms with van der Waals surface area (Å²) in [5, 5.41) is 8.08. The van der Waals surface area contributed by atoms with E-state index >= 15 is 0 Å². The third kappa shape index (κ3) is 4.64. The smallest absolute Gasteiger partial charge is 0.268 e. The second kappa shape index (κ2) is 9.92. The van der Waals surface area contributed by atoms with Gasteiger partial charge in [0.05, 0.1) is 6.04 Å². The van der Waals surface area contributed by atoms with Crippen LogP contribution in [0, 0.1) is 0 Å². The molecule has 0 spiro atoms. The van der Waals surface area contributed by atoms with E-state index in [-0.39, 0.29) is 23.6 Å². The highest BCUT2D eigenvalue weighted by molar-refractivity contribution is 6.09. The standard InChI is InChI=1S/C31H27N3O2/c1-21(23-11-5-3-6-12-23)32-31(36)27(33-30(35)24-13-7-4-8-14-24)20-22-17-18-29-26(19-22)25-15-9-10-16-28(25)34(29)2/h3-21H,1-2H3,(H,32,36)(H,33,35)/b27-20-/t21-/m0/s1. The first kappa shape index (κ1) is 23.1. The van der Waals surface area contributed by atoms with Gasteiger partial charge in [0.15, 0.2) is 0 Å². The van der Waals surface area contributed by atoms with Gasteiger partial charge in [-0.2, -0.15) is 0 Å². The minimum Gasteiger partial charge on any atom is -0.344 e. The van der Waals surface area contributed by atoms with E-state index in [9.17, 15) is 9.59 Å². The minimum absolute atomic E-state index is 0.186. The summed E-state index contributed by atoms with van der Waals surface area (Å²) >= 11 is 0. The Morgan fingerprint density at radius 3 is 2.17 bits per heavy atom. The first-order valence-corrected chi connectivity index (χ1v) is 11.9. The van der Waals surface area contributed by atoms with E-state index in [2.05, 4.69) is 33.4 Å². The summed E-state index contributed by atoms with van der Waals surface area (Å²) in [4.78, 5) is 26.3. The average molecular weight is 474 g/mol. The van der Waals surface area contributed by atoms with Crippen LogP contribution in [0.2, 0.25) is 0 Å². The van der Waals surface area contributed by atoms with E-state index < -0.39 is 0 Å². The molecule has 178 valence electrons. The molecule has 1 atom stereocenters. The molecule has 0 saturated heterocycles. The highest BCUT2D eigenvalue weighted by Gasteiger charge is 2.18. The summed E-state index contributed by atoms with van der Waals surface area (Å²) in [5.74, 6) is -0.691. The van der Waals surface area contributed by atoms with E-state index in [0.29, 0.717) is 5.56 Å². The summed E-state index contributed by atoms with van der Waals surface area (Å²) in [5.41, 5.74) is 4.72. The zero-order chi connectivity index (χ0) is 25.1. The molecule has 2 N–H and O–H groups in total. The number of para-hydroxylation sites is 1. The molecule has 0 radical (unpaired) electrons. The summed E-state index contributed by atoms with van der Waals surface area (Å²) in [7, 11) is 2.05. The van der Waals surface area contributed by atoms with Gasteiger partial charge in [0.2, 0.25) is 0 Å². The van der Waals surface area contributed by atoms with Gasteiger partial charge in [-0.3, -0.25) is 9.59 Å². The van der Waals surface area contributed by atoms with Crippen LogP contribution >= 0.6 is 0 Å². The van der Waals surface area contributed by atoms with Gasteiger partial charge in [0.1, 0.15) is 5.70 Å². The minimum atomic E-state index is -0.353. The number of amides is 2. The summed E-state index contributed by atoms with van der Waals surface area (Å²) < 4.78 is 2.16. The molecule has 2 amide bonds. The number of aromatic nitrogens is 1. The van der Waals surface area contributed by atoms with Crippen LogP contribution in [-0.4, -0.2) is 16.4 Å². The maximum absolute atomic E-state index is 13.4. The van der Waals surface area contributed by atoms with Crippen molar-refractivity contribution >= 4 is 39.7 Å². The Morgan fingerprint density at radius 1 is 0.778 bits per heavy atom. The Kier molecular flexibility index (Phi) is 6.37. The van der Waals surface area contributed by atoms with Crippen LogP contribution in [0.4, 0.5) is 0 Å². The van der Waals surface area contributed by atoms with E-state index in [0.717, 1.165) is 32.9 Å². The van der Waals surface area contributed by atoms with Gasteiger partial charge in [-0.15, -0.1) is 0 Å². The molecule has 5 rings (SSSR count). The summed E-state index contributed by atoms with van der Waals surface area (Å²) in [6.45, 7) is 1.92. The fourth-order valence-corrected chi connectivity index (χ4v) is 4.48. The molecular formula is C31H27N3O2. The van der Waals surface area contributed by atoms with Crippen molar-refractivity contribution in [3.63, 3.8) is 0 Å². The van der Waals surface area contributed by atoms with Gasteiger partial charge in [-0.1, -0.05) is 72.8 Å². The zero-order valence-electron chi connectivity index (χ0n) is 20.2. The van der Waals surface area contributed by atoms with Gasteiger partial charge in [0.25, 0.3) is 11.8 Å². The van der Waals surface area contributed by atoms with Crippen LogP contribution in [0.25, 0.3) is 27.9 Å². The lowest BCUT2D eigenvalue weighted by atomic mass is 10.1. The Labute approximate surface area is 210 Å². The van der Waals surface area contributed by atoms with Crippen LogP contribution in [0.1, 0.15) is 34.5 Å². The number of benzene rings is 4. The maximum atomic E-state index is 13.4. The number of carbonyl (C=O) groups excluding carboxylic acids is 2. The molecular weight excluding hydrogens is 446 g/mol. The topological polar surface area (TPSA) is 63.1 Å². The Morgan fingerprint density at radius 2 is 1.42 bits per heavy atom. The molecule has 0 aliphatic heterocycles. The second-order valence-corrected chi connectivity index (χ2v) is 8.84. The lowest BCUT2D eigenvalue weighted by molar-refractivity contribution is -0.118. The fourth-order valence-electron chi connectivity index (χ4n) is 4.48. The molecule has 36 heavy (non-hydrogen) atoms. The predicted molar refractivity (Wildman–Crippen MR) is 145 cm³/mol.